The molecule has 0 aromatic heterocycles. The van der Waals surface area contributed by atoms with E-state index >= 15 is 0 Å². The Labute approximate surface area is 129 Å². The minimum absolute atomic E-state index is 0.0878. The van der Waals surface area contributed by atoms with E-state index in [2.05, 4.69) is 12.2 Å². The highest BCUT2D eigenvalue weighted by atomic mass is 35.5. The van der Waals surface area contributed by atoms with Gasteiger partial charge in [0, 0.05) is 11.6 Å². The van der Waals surface area contributed by atoms with Crippen LogP contribution in [0.4, 0.5) is 0 Å². The van der Waals surface area contributed by atoms with E-state index in [1.807, 2.05) is 0 Å². The van der Waals surface area contributed by atoms with Crippen molar-refractivity contribution in [2.24, 2.45) is 5.92 Å². The van der Waals surface area contributed by atoms with Crippen molar-refractivity contribution in [3.05, 3.63) is 22.7 Å². The molecule has 1 amide bonds. The largest absolute Gasteiger partial charge is 0.454 e. The molecule has 1 aliphatic carbocycles. The number of carbonyl (C=O) groups excluding carboxylic acids is 1. The minimum atomic E-state index is -0.0878. The molecule has 1 heterocycles. The quantitative estimate of drug-likeness (QED) is 0.924. The van der Waals surface area contributed by atoms with Crippen LogP contribution in [0.15, 0.2) is 12.1 Å². The van der Waals surface area contributed by atoms with Gasteiger partial charge in [-0.3, -0.25) is 4.79 Å². The van der Waals surface area contributed by atoms with Crippen LogP contribution in [0.2, 0.25) is 5.02 Å². The van der Waals surface area contributed by atoms with Crippen molar-refractivity contribution in [3.8, 4) is 11.5 Å². The summed E-state index contributed by atoms with van der Waals surface area (Å²) in [6, 6.07) is 3.60. The first kappa shape index (κ1) is 14.5. The molecule has 0 spiro atoms. The molecule has 4 nitrogen and oxygen atoms in total. The monoisotopic (exact) mass is 309 g/mol. The van der Waals surface area contributed by atoms with Crippen LogP contribution in [-0.4, -0.2) is 18.7 Å². The van der Waals surface area contributed by atoms with Crippen LogP contribution in [0.5, 0.6) is 11.5 Å². The van der Waals surface area contributed by atoms with Crippen LogP contribution >= 0.6 is 11.6 Å². The Bertz CT molecular complexity index is 539. The molecular weight excluding hydrogens is 290 g/mol. The van der Waals surface area contributed by atoms with Gasteiger partial charge in [0.15, 0.2) is 11.5 Å². The van der Waals surface area contributed by atoms with Gasteiger partial charge >= 0.3 is 0 Å². The van der Waals surface area contributed by atoms with Gasteiger partial charge in [0.05, 0.1) is 5.02 Å². The van der Waals surface area contributed by atoms with Gasteiger partial charge in [0.1, 0.15) is 0 Å². The second-order valence-electron chi connectivity index (χ2n) is 5.79. The van der Waals surface area contributed by atoms with Gasteiger partial charge in [-0.25, -0.2) is 0 Å². The average molecular weight is 310 g/mol. The molecule has 1 N–H and O–H groups in total. The molecule has 0 atom stereocenters. The summed E-state index contributed by atoms with van der Waals surface area (Å²) in [6.07, 6.45) is 5.75. The SMILES string of the molecule is CCC1CCC(NC(=O)c2cc(Cl)c3c(c2)OCO3)CC1. The van der Waals surface area contributed by atoms with Gasteiger partial charge in [-0.2, -0.15) is 0 Å². The van der Waals surface area contributed by atoms with Crippen molar-refractivity contribution in [2.75, 3.05) is 6.79 Å². The third-order valence-electron chi connectivity index (χ3n) is 4.45. The lowest BCUT2D eigenvalue weighted by molar-refractivity contribution is 0.0921. The standard InChI is InChI=1S/C16H20ClNO3/c1-2-10-3-5-12(6-4-10)18-16(19)11-7-13(17)15-14(8-11)20-9-21-15/h7-8,10,12H,2-6,9H2,1H3,(H,18,19). The molecule has 3 rings (SSSR count). The van der Waals surface area contributed by atoms with Gasteiger partial charge in [-0.1, -0.05) is 24.9 Å². The highest BCUT2D eigenvalue weighted by molar-refractivity contribution is 6.32. The number of carbonyl (C=O) groups is 1. The molecule has 0 bridgehead atoms. The number of halogens is 1. The van der Waals surface area contributed by atoms with Crippen LogP contribution in [-0.2, 0) is 0 Å². The number of ether oxygens (including phenoxy) is 2. The van der Waals surface area contributed by atoms with Crippen molar-refractivity contribution in [1.29, 1.82) is 0 Å². The van der Waals surface area contributed by atoms with Gasteiger partial charge < -0.3 is 14.8 Å². The van der Waals surface area contributed by atoms with Crippen molar-refractivity contribution in [2.45, 2.75) is 45.1 Å². The molecule has 1 aromatic carbocycles. The number of amides is 1. The zero-order chi connectivity index (χ0) is 14.8. The fourth-order valence-corrected chi connectivity index (χ4v) is 3.35. The summed E-state index contributed by atoms with van der Waals surface area (Å²) < 4.78 is 10.6. The number of hydrogen-bond donors (Lipinski definition) is 1. The Balaban J connectivity index is 1.65. The predicted octanol–water partition coefficient (Wildman–Crippen LogP) is 3.77. The summed E-state index contributed by atoms with van der Waals surface area (Å²) >= 11 is 6.11. The highest BCUT2D eigenvalue weighted by Crippen LogP contribution is 2.39. The summed E-state index contributed by atoms with van der Waals surface area (Å²) in [5.41, 5.74) is 0.530. The lowest BCUT2D eigenvalue weighted by atomic mass is 9.84. The van der Waals surface area contributed by atoms with Gasteiger partial charge in [-0.05, 0) is 43.7 Å². The van der Waals surface area contributed by atoms with Crippen molar-refractivity contribution >= 4 is 17.5 Å². The van der Waals surface area contributed by atoms with Crippen LogP contribution in [0.1, 0.15) is 49.4 Å². The van der Waals surface area contributed by atoms with Gasteiger partial charge in [0.25, 0.3) is 5.91 Å². The molecule has 114 valence electrons. The first-order chi connectivity index (χ1) is 10.2. The van der Waals surface area contributed by atoms with Crippen LogP contribution in [0.3, 0.4) is 0 Å². The number of hydrogen-bond acceptors (Lipinski definition) is 3. The number of rotatable bonds is 3. The Hall–Kier alpha value is -1.42. The Morgan fingerprint density at radius 2 is 2.05 bits per heavy atom. The molecule has 1 aliphatic heterocycles. The normalized spacial score (nSPS) is 23.9. The summed E-state index contributed by atoms with van der Waals surface area (Å²) in [4.78, 5) is 12.3. The molecule has 0 unspecified atom stereocenters. The van der Waals surface area contributed by atoms with Crippen LogP contribution in [0.25, 0.3) is 0 Å². The van der Waals surface area contributed by atoms with Crippen molar-refractivity contribution < 1.29 is 14.3 Å². The zero-order valence-electron chi connectivity index (χ0n) is 12.2. The Kier molecular flexibility index (Phi) is 4.24. The molecule has 21 heavy (non-hydrogen) atoms. The molecule has 1 aromatic rings. The van der Waals surface area contributed by atoms with Crippen molar-refractivity contribution in [3.63, 3.8) is 0 Å². The second kappa shape index (κ2) is 6.14. The number of fused-ring (bicyclic) bond motifs is 1. The maximum absolute atomic E-state index is 12.3. The molecule has 0 radical (unpaired) electrons. The van der Waals surface area contributed by atoms with E-state index in [0.29, 0.717) is 22.1 Å². The third-order valence-corrected chi connectivity index (χ3v) is 4.73. The highest BCUT2D eigenvalue weighted by Gasteiger charge is 2.24. The molecule has 0 saturated heterocycles. The number of benzene rings is 1. The van der Waals surface area contributed by atoms with Gasteiger partial charge in [0.2, 0.25) is 6.79 Å². The van der Waals surface area contributed by atoms with E-state index in [1.54, 1.807) is 12.1 Å². The van der Waals surface area contributed by atoms with Crippen LogP contribution < -0.4 is 14.8 Å². The van der Waals surface area contributed by atoms with E-state index in [9.17, 15) is 4.79 Å². The summed E-state index contributed by atoms with van der Waals surface area (Å²) in [7, 11) is 0. The third kappa shape index (κ3) is 3.10. The summed E-state index contributed by atoms with van der Waals surface area (Å²) in [5.74, 6) is 1.80. The molecule has 5 heteroatoms. The number of nitrogens with one attached hydrogen (secondary N) is 1. The van der Waals surface area contributed by atoms with E-state index in [0.717, 1.165) is 18.8 Å². The second-order valence-corrected chi connectivity index (χ2v) is 6.20. The lowest BCUT2D eigenvalue weighted by Gasteiger charge is -2.28. The zero-order valence-corrected chi connectivity index (χ0v) is 12.9. The van der Waals surface area contributed by atoms with E-state index in [1.165, 1.54) is 19.3 Å². The van der Waals surface area contributed by atoms with E-state index in [-0.39, 0.29) is 18.7 Å². The maximum Gasteiger partial charge on any atom is 0.251 e. The molecule has 1 fully saturated rings. The minimum Gasteiger partial charge on any atom is -0.454 e. The first-order valence-corrected chi connectivity index (χ1v) is 7.95. The Morgan fingerprint density at radius 1 is 1.29 bits per heavy atom. The summed E-state index contributed by atoms with van der Waals surface area (Å²) in [6.45, 7) is 2.39. The predicted molar refractivity (Wildman–Crippen MR) is 81.1 cm³/mol. The van der Waals surface area contributed by atoms with Crippen molar-refractivity contribution in [1.82, 2.24) is 5.32 Å². The van der Waals surface area contributed by atoms with Gasteiger partial charge in [-0.15, -0.1) is 0 Å². The Morgan fingerprint density at radius 3 is 2.76 bits per heavy atom. The smallest absolute Gasteiger partial charge is 0.251 e. The van der Waals surface area contributed by atoms with E-state index in [4.69, 9.17) is 21.1 Å². The summed E-state index contributed by atoms with van der Waals surface area (Å²) in [5, 5.41) is 3.53. The molecule has 2 aliphatic rings. The average Bonchev–Trinajstić information content (AvgIpc) is 2.97. The topological polar surface area (TPSA) is 47.6 Å². The fourth-order valence-electron chi connectivity index (χ4n) is 3.08. The maximum atomic E-state index is 12.3. The van der Waals surface area contributed by atoms with E-state index < -0.39 is 0 Å². The lowest BCUT2D eigenvalue weighted by Crippen LogP contribution is -2.37. The van der Waals surface area contributed by atoms with Crippen LogP contribution in [0, 0.1) is 5.92 Å². The fraction of sp³-hybridized carbons (Fsp3) is 0.562. The molecule has 1 saturated carbocycles. The first-order valence-electron chi connectivity index (χ1n) is 7.57. The molecular formula is C16H20ClNO3.